The molecule has 0 saturated carbocycles. The van der Waals surface area contributed by atoms with Crippen LogP contribution >= 0.6 is 11.8 Å². The highest BCUT2D eigenvalue weighted by molar-refractivity contribution is 8.03. The minimum atomic E-state index is 0.137. The van der Waals surface area contributed by atoms with E-state index in [2.05, 4.69) is 51.5 Å². The Morgan fingerprint density at radius 2 is 1.82 bits per heavy atom. The Kier molecular flexibility index (Phi) is 9.38. The third-order valence-corrected chi connectivity index (χ3v) is 7.26. The lowest BCUT2D eigenvalue weighted by Crippen LogP contribution is -2.36. The highest BCUT2D eigenvalue weighted by Crippen LogP contribution is 2.29. The molecule has 1 amide bonds. The fourth-order valence-corrected chi connectivity index (χ4v) is 5.52. The van der Waals surface area contributed by atoms with Crippen molar-refractivity contribution in [1.29, 1.82) is 0 Å². The minimum absolute atomic E-state index is 0.137. The van der Waals surface area contributed by atoms with Crippen LogP contribution in [-0.4, -0.2) is 51.6 Å². The Balaban J connectivity index is 1.83. The van der Waals surface area contributed by atoms with Gasteiger partial charge in [-0.05, 0) is 51.0 Å². The molecule has 0 radical (unpaired) electrons. The lowest BCUT2D eigenvalue weighted by atomic mass is 10.2. The number of nitrogens with zero attached hydrogens (tertiary/aromatic N) is 4. The van der Waals surface area contributed by atoms with Crippen molar-refractivity contribution >= 4 is 28.8 Å². The molecule has 3 rings (SSSR count). The standard InChI is InChI=1S/C26H40N4O2S/c1-7-21(8-2)30-16-19(5)24-25(30)27-20(6)22(28-24)17-33-23(15-18(3)4)26(31)29-11-9-13-32-14-10-12-29/h15-16,18,21H,7-14,17H2,1-6H3/b23-15-. The summed E-state index contributed by atoms with van der Waals surface area (Å²) in [6.45, 7) is 15.8. The molecule has 182 valence electrons. The van der Waals surface area contributed by atoms with Gasteiger partial charge in [-0.25, -0.2) is 9.97 Å². The molecule has 0 aliphatic carbocycles. The van der Waals surface area contributed by atoms with Gasteiger partial charge in [-0.15, -0.1) is 11.8 Å². The first kappa shape index (κ1) is 25.8. The molecule has 0 unspecified atom stereocenters. The minimum Gasteiger partial charge on any atom is -0.381 e. The molecule has 0 spiro atoms. The lowest BCUT2D eigenvalue weighted by Gasteiger charge is -2.26. The molecule has 1 aliphatic rings. The van der Waals surface area contributed by atoms with E-state index in [4.69, 9.17) is 14.7 Å². The molecule has 1 saturated heterocycles. The Labute approximate surface area is 203 Å². The van der Waals surface area contributed by atoms with Crippen molar-refractivity contribution in [3.8, 4) is 0 Å². The summed E-state index contributed by atoms with van der Waals surface area (Å²) < 4.78 is 7.84. The number of amides is 1. The van der Waals surface area contributed by atoms with Gasteiger partial charge in [0.25, 0.3) is 5.91 Å². The number of carbonyl (C=O) groups is 1. The molecule has 6 nitrogen and oxygen atoms in total. The smallest absolute Gasteiger partial charge is 0.259 e. The molecule has 2 aromatic rings. The number of hydrogen-bond donors (Lipinski definition) is 0. The summed E-state index contributed by atoms with van der Waals surface area (Å²) >= 11 is 1.60. The van der Waals surface area contributed by atoms with Gasteiger partial charge in [0.1, 0.15) is 5.52 Å². The van der Waals surface area contributed by atoms with Crippen molar-refractivity contribution in [2.24, 2.45) is 5.92 Å². The van der Waals surface area contributed by atoms with E-state index in [1.54, 1.807) is 11.8 Å². The molecule has 0 atom stereocenters. The van der Waals surface area contributed by atoms with E-state index in [0.29, 0.717) is 17.7 Å². The molecular weight excluding hydrogens is 432 g/mol. The number of thioether (sulfide) groups is 1. The van der Waals surface area contributed by atoms with Crippen LogP contribution in [0.4, 0.5) is 0 Å². The highest BCUT2D eigenvalue weighted by Gasteiger charge is 2.22. The average molecular weight is 473 g/mol. The summed E-state index contributed by atoms with van der Waals surface area (Å²) in [4.78, 5) is 26.2. The molecule has 0 aromatic carbocycles. The largest absolute Gasteiger partial charge is 0.381 e. The van der Waals surface area contributed by atoms with Crippen LogP contribution < -0.4 is 0 Å². The first-order valence-corrected chi connectivity index (χ1v) is 13.4. The third-order valence-electron chi connectivity index (χ3n) is 6.22. The zero-order valence-electron chi connectivity index (χ0n) is 21.2. The summed E-state index contributed by atoms with van der Waals surface area (Å²) in [6, 6.07) is 0.441. The molecule has 0 N–H and O–H groups in total. The summed E-state index contributed by atoms with van der Waals surface area (Å²) in [5, 5.41) is 0. The number of aromatic nitrogens is 3. The third kappa shape index (κ3) is 6.38. The number of rotatable bonds is 8. The summed E-state index contributed by atoms with van der Waals surface area (Å²) in [5.74, 6) is 1.09. The first-order valence-electron chi connectivity index (χ1n) is 12.4. The number of ether oxygens (including phenoxy) is 1. The second-order valence-electron chi connectivity index (χ2n) is 9.29. The van der Waals surface area contributed by atoms with E-state index in [1.807, 2.05) is 11.8 Å². The van der Waals surface area contributed by atoms with Crippen molar-refractivity contribution < 1.29 is 9.53 Å². The molecule has 0 bridgehead atoms. The van der Waals surface area contributed by atoms with Gasteiger partial charge in [-0.1, -0.05) is 33.8 Å². The molecule has 33 heavy (non-hydrogen) atoms. The SMILES string of the molecule is CCC(CC)n1cc(C)c2nc(CS/C(=C\C(C)C)C(=O)N3CCCOCCC3)c(C)nc21. The molecule has 3 heterocycles. The Morgan fingerprint density at radius 3 is 2.42 bits per heavy atom. The number of fused-ring (bicyclic) bond motifs is 1. The van der Waals surface area contributed by atoms with Crippen LogP contribution in [0.2, 0.25) is 0 Å². The Morgan fingerprint density at radius 1 is 1.15 bits per heavy atom. The predicted octanol–water partition coefficient (Wildman–Crippen LogP) is 5.82. The number of aryl methyl sites for hydroxylation is 2. The van der Waals surface area contributed by atoms with E-state index in [9.17, 15) is 4.79 Å². The molecule has 1 aliphatic heterocycles. The van der Waals surface area contributed by atoms with Crippen LogP contribution in [-0.2, 0) is 15.3 Å². The summed E-state index contributed by atoms with van der Waals surface area (Å²) in [6.07, 6.45) is 8.22. The Bertz CT molecular complexity index is 970. The van der Waals surface area contributed by atoms with Crippen LogP contribution in [0.5, 0.6) is 0 Å². The molecular formula is C26H40N4O2S. The first-order chi connectivity index (χ1) is 15.8. The second-order valence-corrected chi connectivity index (χ2v) is 10.3. The van der Waals surface area contributed by atoms with Gasteiger partial charge >= 0.3 is 0 Å². The van der Waals surface area contributed by atoms with Gasteiger partial charge in [0.2, 0.25) is 0 Å². The van der Waals surface area contributed by atoms with E-state index in [-0.39, 0.29) is 5.91 Å². The van der Waals surface area contributed by atoms with Gasteiger partial charge in [-0.3, -0.25) is 4.79 Å². The van der Waals surface area contributed by atoms with Crippen molar-refractivity contribution in [3.63, 3.8) is 0 Å². The predicted molar refractivity (Wildman–Crippen MR) is 137 cm³/mol. The normalized spacial score (nSPS) is 16.0. The van der Waals surface area contributed by atoms with Crippen LogP contribution in [0.3, 0.4) is 0 Å². The zero-order chi connectivity index (χ0) is 24.0. The van der Waals surface area contributed by atoms with E-state index in [0.717, 1.165) is 85.0 Å². The van der Waals surface area contributed by atoms with Crippen molar-refractivity contribution in [3.05, 3.63) is 34.1 Å². The van der Waals surface area contributed by atoms with Gasteiger partial charge in [0, 0.05) is 44.3 Å². The molecule has 7 heteroatoms. The Hall–Kier alpha value is -1.86. The van der Waals surface area contributed by atoms with Crippen LogP contribution in [0.1, 0.15) is 76.4 Å². The van der Waals surface area contributed by atoms with Crippen molar-refractivity contribution in [1.82, 2.24) is 19.4 Å². The van der Waals surface area contributed by atoms with Gasteiger partial charge < -0.3 is 14.2 Å². The fourth-order valence-electron chi connectivity index (χ4n) is 4.33. The maximum atomic E-state index is 13.4. The van der Waals surface area contributed by atoms with Crippen LogP contribution in [0.15, 0.2) is 17.2 Å². The average Bonchev–Trinajstić information content (AvgIpc) is 3.06. The lowest BCUT2D eigenvalue weighted by molar-refractivity contribution is -0.127. The fraction of sp³-hybridized carbons (Fsp3) is 0.654. The van der Waals surface area contributed by atoms with Crippen LogP contribution in [0, 0.1) is 19.8 Å². The summed E-state index contributed by atoms with van der Waals surface area (Å²) in [7, 11) is 0. The summed E-state index contributed by atoms with van der Waals surface area (Å²) in [5.41, 5.74) is 5.02. The number of allylic oxidation sites excluding steroid dienone is 1. The second kappa shape index (κ2) is 12.0. The van der Waals surface area contributed by atoms with E-state index < -0.39 is 0 Å². The number of carbonyl (C=O) groups excluding carboxylic acids is 1. The highest BCUT2D eigenvalue weighted by atomic mass is 32.2. The maximum absolute atomic E-state index is 13.4. The topological polar surface area (TPSA) is 60.2 Å². The van der Waals surface area contributed by atoms with Crippen molar-refractivity contribution in [2.75, 3.05) is 26.3 Å². The van der Waals surface area contributed by atoms with Gasteiger partial charge in [-0.2, -0.15) is 0 Å². The zero-order valence-corrected chi connectivity index (χ0v) is 22.0. The van der Waals surface area contributed by atoms with Crippen LogP contribution in [0.25, 0.3) is 11.2 Å². The van der Waals surface area contributed by atoms with E-state index >= 15 is 0 Å². The quantitative estimate of drug-likeness (QED) is 0.453. The number of hydrogen-bond acceptors (Lipinski definition) is 5. The maximum Gasteiger partial charge on any atom is 0.259 e. The van der Waals surface area contributed by atoms with Gasteiger partial charge in [0.05, 0.1) is 16.3 Å². The molecule has 2 aromatic heterocycles. The monoisotopic (exact) mass is 472 g/mol. The molecule has 1 fully saturated rings. The van der Waals surface area contributed by atoms with Crippen molar-refractivity contribution in [2.45, 2.75) is 79.0 Å². The van der Waals surface area contributed by atoms with E-state index in [1.165, 1.54) is 0 Å². The van der Waals surface area contributed by atoms with Gasteiger partial charge in [0.15, 0.2) is 5.65 Å².